The molecule has 0 aromatic carbocycles. The van der Waals surface area contributed by atoms with Crippen molar-refractivity contribution >= 4 is 35.2 Å². The molecule has 31 heavy (non-hydrogen) atoms. The summed E-state index contributed by atoms with van der Waals surface area (Å²) in [6, 6.07) is 1.54. The quantitative estimate of drug-likeness (QED) is 0.651. The minimum absolute atomic E-state index is 0.0196. The van der Waals surface area contributed by atoms with Gasteiger partial charge < -0.3 is 15.2 Å². The third-order valence-corrected chi connectivity index (χ3v) is 4.24. The molecule has 0 amide bonds. The first-order chi connectivity index (χ1) is 14.4. The second kappa shape index (κ2) is 9.25. The SMILES string of the molecule is CCOC(=O)c1cc(C(=O)OCC)c(=O)n(N(C)c2ncc(C(F)(F)F)cc2Cl)c1N. The smallest absolute Gasteiger partial charge is 0.417 e. The van der Waals surface area contributed by atoms with Gasteiger partial charge in [0.25, 0.3) is 5.56 Å². The number of anilines is 2. The standard InChI is InChI=1S/C18H18ClF3N4O5/c1-4-30-16(28)10-7-11(17(29)31-5-2)15(27)26(13(10)23)25(3)14-12(19)6-9(8-24-14)18(20,21)22/h6-8H,4-5,23H2,1-3H3. The van der Waals surface area contributed by atoms with Crippen LogP contribution in [-0.2, 0) is 15.7 Å². The Morgan fingerprint density at radius 3 is 2.19 bits per heavy atom. The van der Waals surface area contributed by atoms with Gasteiger partial charge in [-0.05, 0) is 26.0 Å². The van der Waals surface area contributed by atoms with Crippen LogP contribution in [0.4, 0.5) is 24.8 Å². The van der Waals surface area contributed by atoms with Crippen molar-refractivity contribution in [3.8, 4) is 0 Å². The largest absolute Gasteiger partial charge is 0.462 e. The molecule has 0 spiro atoms. The molecular formula is C18H18ClF3N4O5. The number of hydrogen-bond donors (Lipinski definition) is 1. The van der Waals surface area contributed by atoms with Crippen LogP contribution in [0.1, 0.15) is 40.1 Å². The van der Waals surface area contributed by atoms with E-state index in [9.17, 15) is 27.6 Å². The van der Waals surface area contributed by atoms with E-state index >= 15 is 0 Å². The van der Waals surface area contributed by atoms with E-state index in [-0.39, 0.29) is 24.6 Å². The molecule has 13 heteroatoms. The summed E-state index contributed by atoms with van der Waals surface area (Å²) in [4.78, 5) is 41.1. The molecule has 2 aromatic rings. The minimum atomic E-state index is -4.69. The number of nitrogens with two attached hydrogens (primary N) is 1. The molecule has 0 fully saturated rings. The van der Waals surface area contributed by atoms with Gasteiger partial charge in [0.2, 0.25) is 0 Å². The Bertz CT molecular complexity index is 1070. The fourth-order valence-electron chi connectivity index (χ4n) is 2.56. The summed E-state index contributed by atoms with van der Waals surface area (Å²) in [6.45, 7) is 2.97. The average Bonchev–Trinajstić information content (AvgIpc) is 2.67. The van der Waals surface area contributed by atoms with E-state index in [1.165, 1.54) is 20.9 Å². The van der Waals surface area contributed by atoms with E-state index in [2.05, 4.69) is 4.98 Å². The molecule has 0 aliphatic heterocycles. The number of aromatic nitrogens is 2. The maximum atomic E-state index is 12.9. The monoisotopic (exact) mass is 462 g/mol. The number of ether oxygens (including phenoxy) is 2. The van der Waals surface area contributed by atoms with Crippen LogP contribution in [0.15, 0.2) is 23.1 Å². The predicted octanol–water partition coefficient (Wildman–Crippen LogP) is 2.75. The molecule has 168 valence electrons. The van der Waals surface area contributed by atoms with Gasteiger partial charge in [0, 0.05) is 13.2 Å². The lowest BCUT2D eigenvalue weighted by Gasteiger charge is -2.25. The highest BCUT2D eigenvalue weighted by molar-refractivity contribution is 6.33. The fraction of sp³-hybridized carbons (Fsp3) is 0.333. The van der Waals surface area contributed by atoms with E-state index in [0.717, 1.165) is 11.1 Å². The molecule has 0 aliphatic carbocycles. The van der Waals surface area contributed by atoms with Crippen LogP contribution < -0.4 is 16.3 Å². The highest BCUT2D eigenvalue weighted by Gasteiger charge is 2.32. The van der Waals surface area contributed by atoms with Crippen molar-refractivity contribution in [1.82, 2.24) is 9.66 Å². The van der Waals surface area contributed by atoms with Gasteiger partial charge in [-0.25, -0.2) is 14.6 Å². The summed E-state index contributed by atoms with van der Waals surface area (Å²) in [5.41, 5.74) is 2.96. The molecule has 0 aliphatic rings. The summed E-state index contributed by atoms with van der Waals surface area (Å²) in [6.07, 6.45) is -4.18. The van der Waals surface area contributed by atoms with Gasteiger partial charge in [-0.15, -0.1) is 0 Å². The van der Waals surface area contributed by atoms with Gasteiger partial charge in [0.1, 0.15) is 16.9 Å². The Hall–Kier alpha value is -3.28. The van der Waals surface area contributed by atoms with Gasteiger partial charge >= 0.3 is 18.1 Å². The number of rotatable bonds is 6. The van der Waals surface area contributed by atoms with Crippen LogP contribution in [0.3, 0.4) is 0 Å². The third kappa shape index (κ3) is 4.90. The number of halogens is 4. The van der Waals surface area contributed by atoms with Gasteiger partial charge in [-0.2, -0.15) is 17.8 Å². The number of hydrogen-bond acceptors (Lipinski definition) is 8. The number of esters is 2. The van der Waals surface area contributed by atoms with Crippen LogP contribution in [0.25, 0.3) is 0 Å². The lowest BCUT2D eigenvalue weighted by molar-refractivity contribution is -0.137. The lowest BCUT2D eigenvalue weighted by Crippen LogP contribution is -2.41. The first-order valence-corrected chi connectivity index (χ1v) is 9.18. The van der Waals surface area contributed by atoms with Crippen LogP contribution in [0, 0.1) is 0 Å². The van der Waals surface area contributed by atoms with Crippen molar-refractivity contribution in [2.24, 2.45) is 0 Å². The van der Waals surface area contributed by atoms with Crippen LogP contribution in [0.2, 0.25) is 5.02 Å². The maximum absolute atomic E-state index is 12.9. The van der Waals surface area contributed by atoms with Gasteiger partial charge in [0.15, 0.2) is 5.82 Å². The Balaban J connectivity index is 2.72. The molecule has 2 aromatic heterocycles. The number of carbonyl (C=O) groups is 2. The summed E-state index contributed by atoms with van der Waals surface area (Å²) in [5, 5.41) is 0.453. The molecule has 0 atom stereocenters. The number of nitrogens with zero attached hydrogens (tertiary/aromatic N) is 3. The van der Waals surface area contributed by atoms with Crippen molar-refractivity contribution in [1.29, 1.82) is 0 Å². The molecule has 2 heterocycles. The Labute approximate surface area is 179 Å². The van der Waals surface area contributed by atoms with Crippen molar-refractivity contribution < 1.29 is 32.2 Å². The Morgan fingerprint density at radius 2 is 1.71 bits per heavy atom. The van der Waals surface area contributed by atoms with E-state index in [4.69, 9.17) is 26.8 Å². The Kier molecular flexibility index (Phi) is 7.16. The van der Waals surface area contributed by atoms with Gasteiger partial charge in [-0.3, -0.25) is 9.80 Å². The average molecular weight is 463 g/mol. The highest BCUT2D eigenvalue weighted by atomic mass is 35.5. The highest BCUT2D eigenvalue weighted by Crippen LogP contribution is 2.33. The van der Waals surface area contributed by atoms with Crippen molar-refractivity contribution in [2.75, 3.05) is 31.0 Å². The van der Waals surface area contributed by atoms with E-state index in [1.807, 2.05) is 0 Å². The number of carbonyl (C=O) groups excluding carboxylic acids is 2. The molecule has 9 nitrogen and oxygen atoms in total. The first-order valence-electron chi connectivity index (χ1n) is 8.80. The minimum Gasteiger partial charge on any atom is -0.462 e. The van der Waals surface area contributed by atoms with Crippen LogP contribution in [0.5, 0.6) is 0 Å². The predicted molar refractivity (Wildman–Crippen MR) is 105 cm³/mol. The zero-order valence-corrected chi connectivity index (χ0v) is 17.4. The van der Waals surface area contributed by atoms with E-state index in [1.54, 1.807) is 0 Å². The topological polar surface area (TPSA) is 117 Å². The molecule has 0 radical (unpaired) electrons. The molecule has 0 saturated carbocycles. The summed E-state index contributed by atoms with van der Waals surface area (Å²) < 4.78 is 49.1. The van der Waals surface area contributed by atoms with Crippen LogP contribution >= 0.6 is 11.6 Å². The zero-order valence-electron chi connectivity index (χ0n) is 16.6. The number of alkyl halides is 3. The summed E-state index contributed by atoms with van der Waals surface area (Å²) in [5.74, 6) is -2.71. The third-order valence-electron chi connectivity index (χ3n) is 3.96. The molecular weight excluding hydrogens is 445 g/mol. The van der Waals surface area contributed by atoms with Crippen molar-refractivity contribution in [2.45, 2.75) is 20.0 Å². The van der Waals surface area contributed by atoms with Crippen LogP contribution in [-0.4, -0.2) is 41.9 Å². The molecule has 2 N–H and O–H groups in total. The number of pyridine rings is 2. The summed E-state index contributed by atoms with van der Waals surface area (Å²) in [7, 11) is 1.21. The first kappa shape index (κ1) is 24.0. The molecule has 2 rings (SSSR count). The summed E-state index contributed by atoms with van der Waals surface area (Å²) >= 11 is 5.95. The normalized spacial score (nSPS) is 11.2. The second-order valence-corrected chi connectivity index (χ2v) is 6.37. The van der Waals surface area contributed by atoms with Gasteiger partial charge in [0.05, 0.1) is 23.8 Å². The van der Waals surface area contributed by atoms with E-state index < -0.39 is 45.6 Å². The molecule has 0 unspecified atom stereocenters. The van der Waals surface area contributed by atoms with E-state index in [0.29, 0.717) is 16.9 Å². The lowest BCUT2D eigenvalue weighted by atomic mass is 10.1. The van der Waals surface area contributed by atoms with Gasteiger partial charge in [-0.1, -0.05) is 11.6 Å². The maximum Gasteiger partial charge on any atom is 0.417 e. The molecule has 0 saturated heterocycles. The zero-order chi connectivity index (χ0) is 23.5. The number of nitrogen functional groups attached to an aromatic ring is 1. The second-order valence-electron chi connectivity index (χ2n) is 5.97. The van der Waals surface area contributed by atoms with Crippen molar-refractivity contribution in [3.63, 3.8) is 0 Å². The fourth-order valence-corrected chi connectivity index (χ4v) is 2.85. The molecule has 0 bridgehead atoms. The Morgan fingerprint density at radius 1 is 1.16 bits per heavy atom. The van der Waals surface area contributed by atoms with Crippen molar-refractivity contribution in [3.05, 3.63) is 50.4 Å².